The van der Waals surface area contributed by atoms with E-state index in [1.54, 1.807) is 17.2 Å². The number of hydrogen-bond donors (Lipinski definition) is 0. The highest BCUT2D eigenvalue weighted by molar-refractivity contribution is 5.46. The number of rotatable bonds is 4. The lowest BCUT2D eigenvalue weighted by atomic mass is 10.2. The molecule has 0 radical (unpaired) electrons. The summed E-state index contributed by atoms with van der Waals surface area (Å²) in [7, 11) is 0. The zero-order valence-corrected chi connectivity index (χ0v) is 14.4. The third-order valence-corrected chi connectivity index (χ3v) is 4.97. The average Bonchev–Trinajstić information content (AvgIpc) is 3.43. The second-order valence-corrected chi connectivity index (χ2v) is 6.75. The Balaban J connectivity index is 1.25. The molecule has 3 aromatic rings. The maximum absolute atomic E-state index is 4.47. The fourth-order valence-corrected chi connectivity index (χ4v) is 3.31. The standard InChI is InChI=1S/C18H20N8/c1-6-21-26(7-1)17-5-4-16(22-23-17)24-8-10-25(11-9-24)18-12-15(14-2-3-14)19-13-20-18/h1,4-7,12-14H,2-3,8-11H2. The van der Waals surface area contributed by atoms with Crippen LogP contribution in [0, 0.1) is 0 Å². The van der Waals surface area contributed by atoms with Crippen LogP contribution in [0.15, 0.2) is 43.0 Å². The lowest BCUT2D eigenvalue weighted by Gasteiger charge is -2.35. The molecule has 5 rings (SSSR count). The predicted octanol–water partition coefficient (Wildman–Crippen LogP) is 1.66. The summed E-state index contributed by atoms with van der Waals surface area (Å²) in [6.45, 7) is 3.64. The Labute approximate surface area is 151 Å². The molecule has 2 aliphatic rings. The lowest BCUT2D eigenvalue weighted by Crippen LogP contribution is -2.47. The van der Waals surface area contributed by atoms with Gasteiger partial charge in [0.1, 0.15) is 12.1 Å². The molecule has 0 N–H and O–H groups in total. The van der Waals surface area contributed by atoms with Crippen LogP contribution in [0.2, 0.25) is 0 Å². The topological polar surface area (TPSA) is 75.9 Å². The van der Waals surface area contributed by atoms with Crippen LogP contribution >= 0.6 is 0 Å². The van der Waals surface area contributed by atoms with E-state index in [2.05, 4.69) is 41.1 Å². The summed E-state index contributed by atoms with van der Waals surface area (Å²) in [4.78, 5) is 13.5. The van der Waals surface area contributed by atoms with Crippen molar-refractivity contribution in [2.75, 3.05) is 36.0 Å². The molecule has 26 heavy (non-hydrogen) atoms. The summed E-state index contributed by atoms with van der Waals surface area (Å²) in [5, 5.41) is 12.8. The predicted molar refractivity (Wildman–Crippen MR) is 97.6 cm³/mol. The molecule has 2 fully saturated rings. The van der Waals surface area contributed by atoms with Gasteiger partial charge in [-0.15, -0.1) is 10.2 Å². The van der Waals surface area contributed by atoms with Crippen molar-refractivity contribution >= 4 is 11.6 Å². The first-order chi connectivity index (χ1) is 12.9. The van der Waals surface area contributed by atoms with Crippen LogP contribution < -0.4 is 9.80 Å². The third kappa shape index (κ3) is 2.98. The van der Waals surface area contributed by atoms with Crippen LogP contribution in [0.3, 0.4) is 0 Å². The average molecular weight is 348 g/mol. The molecule has 8 heteroatoms. The summed E-state index contributed by atoms with van der Waals surface area (Å²) in [6.07, 6.45) is 7.82. The molecule has 132 valence electrons. The summed E-state index contributed by atoms with van der Waals surface area (Å²) >= 11 is 0. The minimum Gasteiger partial charge on any atom is -0.353 e. The smallest absolute Gasteiger partial charge is 0.175 e. The quantitative estimate of drug-likeness (QED) is 0.709. The zero-order chi connectivity index (χ0) is 17.3. The molecule has 0 spiro atoms. The molecule has 4 heterocycles. The molecule has 1 aliphatic heterocycles. The van der Waals surface area contributed by atoms with Gasteiger partial charge in [-0.25, -0.2) is 14.6 Å². The fraction of sp³-hybridized carbons (Fsp3) is 0.389. The second kappa shape index (κ2) is 6.36. The number of piperazine rings is 1. The van der Waals surface area contributed by atoms with Gasteiger partial charge in [-0.05, 0) is 31.0 Å². The molecule has 3 aromatic heterocycles. The van der Waals surface area contributed by atoms with Gasteiger partial charge in [0.2, 0.25) is 0 Å². The van der Waals surface area contributed by atoms with Gasteiger partial charge in [-0.3, -0.25) is 0 Å². The number of anilines is 2. The molecule has 1 aliphatic carbocycles. The van der Waals surface area contributed by atoms with Crippen molar-refractivity contribution < 1.29 is 0 Å². The summed E-state index contributed by atoms with van der Waals surface area (Å²) in [5.41, 5.74) is 1.19. The number of aromatic nitrogens is 6. The van der Waals surface area contributed by atoms with Crippen molar-refractivity contribution in [3.8, 4) is 5.82 Å². The highest BCUT2D eigenvalue weighted by Gasteiger charge is 2.26. The number of hydrogen-bond acceptors (Lipinski definition) is 7. The van der Waals surface area contributed by atoms with Crippen molar-refractivity contribution in [3.05, 3.63) is 48.7 Å². The van der Waals surface area contributed by atoms with Gasteiger partial charge in [0, 0.05) is 56.3 Å². The van der Waals surface area contributed by atoms with E-state index in [1.807, 2.05) is 24.4 Å². The Kier molecular flexibility index (Phi) is 3.73. The van der Waals surface area contributed by atoms with Crippen molar-refractivity contribution in [3.63, 3.8) is 0 Å². The van der Waals surface area contributed by atoms with Crippen molar-refractivity contribution in [1.82, 2.24) is 29.9 Å². The van der Waals surface area contributed by atoms with Gasteiger partial charge in [0.05, 0.1) is 0 Å². The van der Waals surface area contributed by atoms with E-state index >= 15 is 0 Å². The Bertz CT molecular complexity index is 864. The molecule has 1 saturated heterocycles. The van der Waals surface area contributed by atoms with Gasteiger partial charge in [-0.1, -0.05) is 0 Å². The molecular formula is C18H20N8. The maximum atomic E-state index is 4.47. The molecule has 0 bridgehead atoms. The van der Waals surface area contributed by atoms with E-state index < -0.39 is 0 Å². The molecule has 0 amide bonds. The van der Waals surface area contributed by atoms with Gasteiger partial charge in [0.25, 0.3) is 0 Å². The fourth-order valence-electron chi connectivity index (χ4n) is 3.31. The van der Waals surface area contributed by atoms with Gasteiger partial charge in [0.15, 0.2) is 11.6 Å². The minimum absolute atomic E-state index is 0.654. The maximum Gasteiger partial charge on any atom is 0.175 e. The SMILES string of the molecule is c1cnn(-c2ccc(N3CCN(c4cc(C5CC5)ncn4)CC3)nn2)c1. The van der Waals surface area contributed by atoms with Crippen molar-refractivity contribution in [2.45, 2.75) is 18.8 Å². The van der Waals surface area contributed by atoms with Gasteiger partial charge >= 0.3 is 0 Å². The van der Waals surface area contributed by atoms with Crippen molar-refractivity contribution in [2.24, 2.45) is 0 Å². The van der Waals surface area contributed by atoms with E-state index in [4.69, 9.17) is 0 Å². The largest absolute Gasteiger partial charge is 0.353 e. The minimum atomic E-state index is 0.654. The summed E-state index contributed by atoms with van der Waals surface area (Å²) in [6, 6.07) is 7.99. The third-order valence-electron chi connectivity index (χ3n) is 4.97. The highest BCUT2D eigenvalue weighted by Crippen LogP contribution is 2.39. The summed E-state index contributed by atoms with van der Waals surface area (Å²) < 4.78 is 1.71. The highest BCUT2D eigenvalue weighted by atomic mass is 15.4. The van der Waals surface area contributed by atoms with E-state index in [1.165, 1.54) is 18.5 Å². The Morgan fingerprint density at radius 1 is 0.846 bits per heavy atom. The van der Waals surface area contributed by atoms with Gasteiger partial charge in [-0.2, -0.15) is 5.10 Å². The van der Waals surface area contributed by atoms with E-state index in [-0.39, 0.29) is 0 Å². The van der Waals surface area contributed by atoms with Crippen LogP contribution in [0.25, 0.3) is 5.82 Å². The van der Waals surface area contributed by atoms with Crippen LogP contribution in [0.5, 0.6) is 0 Å². The lowest BCUT2D eigenvalue weighted by molar-refractivity contribution is 0.635. The Hall–Kier alpha value is -3.03. The van der Waals surface area contributed by atoms with E-state index in [0.717, 1.165) is 43.6 Å². The zero-order valence-electron chi connectivity index (χ0n) is 14.4. The van der Waals surface area contributed by atoms with Crippen LogP contribution in [0.1, 0.15) is 24.5 Å². The molecule has 0 aromatic carbocycles. The van der Waals surface area contributed by atoms with E-state index in [0.29, 0.717) is 5.92 Å². The van der Waals surface area contributed by atoms with E-state index in [9.17, 15) is 0 Å². The Morgan fingerprint density at radius 2 is 1.58 bits per heavy atom. The van der Waals surface area contributed by atoms with Gasteiger partial charge < -0.3 is 9.80 Å². The molecular weight excluding hydrogens is 328 g/mol. The first-order valence-corrected chi connectivity index (χ1v) is 9.02. The molecule has 1 saturated carbocycles. The monoisotopic (exact) mass is 348 g/mol. The van der Waals surface area contributed by atoms with Crippen LogP contribution in [0.4, 0.5) is 11.6 Å². The normalized spacial score (nSPS) is 17.5. The first-order valence-electron chi connectivity index (χ1n) is 9.02. The second-order valence-electron chi connectivity index (χ2n) is 6.75. The van der Waals surface area contributed by atoms with Crippen LogP contribution in [-0.2, 0) is 0 Å². The summed E-state index contributed by atoms with van der Waals surface area (Å²) in [5.74, 6) is 3.33. The molecule has 0 atom stereocenters. The molecule has 0 unspecified atom stereocenters. The Morgan fingerprint density at radius 3 is 2.23 bits per heavy atom. The van der Waals surface area contributed by atoms with Crippen molar-refractivity contribution in [1.29, 1.82) is 0 Å². The first kappa shape index (κ1) is 15.2. The number of nitrogens with zero attached hydrogens (tertiary/aromatic N) is 8. The molecule has 8 nitrogen and oxygen atoms in total. The van der Waals surface area contributed by atoms with Crippen LogP contribution in [-0.4, -0.2) is 56.1 Å².